The molecule has 5 N–H and O–H groups in total. The van der Waals surface area contributed by atoms with Gasteiger partial charge in [0.1, 0.15) is 17.9 Å². The second-order valence-electron chi connectivity index (χ2n) is 8.87. The molecule has 0 aliphatic heterocycles. The largest absolute Gasteiger partial charge is 0.493 e. The maximum absolute atomic E-state index is 13.0. The summed E-state index contributed by atoms with van der Waals surface area (Å²) >= 11 is 0. The average molecular weight is 512 g/mol. The molecule has 37 heavy (non-hydrogen) atoms. The predicted molar refractivity (Wildman–Crippen MR) is 140 cm³/mol. The van der Waals surface area contributed by atoms with Crippen LogP contribution in [-0.2, 0) is 0 Å². The SMILES string of the molecule is COc1cc(C(=O)N[C@H](COc2cccc3nc(C)c(C(=O)O)c(N)c23)C(C)C)ccc1OCCCO. The highest BCUT2D eigenvalue weighted by molar-refractivity contribution is 6.06. The zero-order chi connectivity index (χ0) is 27.1. The van der Waals surface area contributed by atoms with E-state index in [0.29, 0.717) is 52.4 Å². The molecule has 10 heteroatoms. The number of carbonyl (C=O) groups is 2. The number of hydrogen-bond acceptors (Lipinski definition) is 8. The van der Waals surface area contributed by atoms with Crippen molar-refractivity contribution in [3.63, 3.8) is 0 Å². The maximum Gasteiger partial charge on any atom is 0.339 e. The van der Waals surface area contributed by atoms with Gasteiger partial charge in [-0.05, 0) is 43.2 Å². The number of hydrogen-bond donors (Lipinski definition) is 4. The zero-order valence-corrected chi connectivity index (χ0v) is 21.4. The van der Waals surface area contributed by atoms with Gasteiger partial charge in [-0.3, -0.25) is 9.78 Å². The van der Waals surface area contributed by atoms with Gasteiger partial charge in [0.05, 0.1) is 42.0 Å². The van der Waals surface area contributed by atoms with E-state index in [-0.39, 0.29) is 42.3 Å². The van der Waals surface area contributed by atoms with E-state index in [1.807, 2.05) is 13.8 Å². The van der Waals surface area contributed by atoms with Gasteiger partial charge in [-0.1, -0.05) is 19.9 Å². The van der Waals surface area contributed by atoms with Crippen LogP contribution >= 0.6 is 0 Å². The summed E-state index contributed by atoms with van der Waals surface area (Å²) in [7, 11) is 1.49. The number of methoxy groups -OCH3 is 1. The van der Waals surface area contributed by atoms with E-state index < -0.39 is 5.97 Å². The van der Waals surface area contributed by atoms with Gasteiger partial charge in [-0.25, -0.2) is 4.79 Å². The number of anilines is 1. The molecule has 1 aromatic heterocycles. The molecule has 2 aromatic carbocycles. The van der Waals surface area contributed by atoms with E-state index in [2.05, 4.69) is 10.3 Å². The number of nitrogens with two attached hydrogens (primary N) is 1. The fraction of sp³-hybridized carbons (Fsp3) is 0.370. The number of aromatic nitrogens is 1. The highest BCUT2D eigenvalue weighted by Crippen LogP contribution is 2.34. The number of nitrogen functional groups attached to an aromatic ring is 1. The van der Waals surface area contributed by atoms with Crippen LogP contribution in [0.2, 0.25) is 0 Å². The van der Waals surface area contributed by atoms with Crippen LogP contribution in [0.1, 0.15) is 46.7 Å². The molecule has 1 atom stereocenters. The molecule has 0 aliphatic rings. The van der Waals surface area contributed by atoms with Crippen molar-refractivity contribution >= 4 is 28.5 Å². The van der Waals surface area contributed by atoms with Gasteiger partial charge in [0.15, 0.2) is 11.5 Å². The fourth-order valence-corrected chi connectivity index (χ4v) is 3.84. The molecule has 3 aromatic rings. The van der Waals surface area contributed by atoms with Crippen LogP contribution in [0.15, 0.2) is 36.4 Å². The maximum atomic E-state index is 13.0. The molecule has 0 bridgehead atoms. The third kappa shape index (κ3) is 6.39. The van der Waals surface area contributed by atoms with Gasteiger partial charge < -0.3 is 35.5 Å². The number of ether oxygens (including phenoxy) is 3. The van der Waals surface area contributed by atoms with Gasteiger partial charge >= 0.3 is 5.97 Å². The Morgan fingerprint density at radius 2 is 1.86 bits per heavy atom. The van der Waals surface area contributed by atoms with Crippen molar-refractivity contribution < 1.29 is 34.0 Å². The third-order valence-electron chi connectivity index (χ3n) is 5.93. The number of rotatable bonds is 12. The molecule has 1 heterocycles. The van der Waals surface area contributed by atoms with Crippen molar-refractivity contribution in [2.45, 2.75) is 33.2 Å². The lowest BCUT2D eigenvalue weighted by Gasteiger charge is -2.24. The number of aliphatic hydroxyl groups excluding tert-OH is 1. The Hall–Kier alpha value is -4.05. The van der Waals surface area contributed by atoms with Gasteiger partial charge in [0.2, 0.25) is 0 Å². The highest BCUT2D eigenvalue weighted by Gasteiger charge is 2.22. The van der Waals surface area contributed by atoms with E-state index in [0.717, 1.165) is 0 Å². The van der Waals surface area contributed by atoms with Crippen molar-refractivity contribution in [2.75, 3.05) is 32.7 Å². The lowest BCUT2D eigenvalue weighted by atomic mass is 10.0. The Balaban J connectivity index is 1.79. The minimum atomic E-state index is -1.16. The summed E-state index contributed by atoms with van der Waals surface area (Å²) in [6.45, 7) is 5.98. The highest BCUT2D eigenvalue weighted by atomic mass is 16.5. The van der Waals surface area contributed by atoms with E-state index >= 15 is 0 Å². The second kappa shape index (κ2) is 12.3. The summed E-state index contributed by atoms with van der Waals surface area (Å²) < 4.78 is 17.0. The standard InChI is InChI=1S/C27H33N3O7/c1-15(2)19(30-26(32)17-9-10-20(22(13-17)35-4)36-12-6-11-31)14-37-21-8-5-7-18-24(21)25(28)23(27(33)34)16(3)29-18/h5,7-10,13,15,19,31H,6,11-12,14H2,1-4H3,(H2,28,29)(H,30,32)(H,33,34)/t19-/m1/s1. The lowest BCUT2D eigenvalue weighted by molar-refractivity contribution is 0.0696. The summed E-state index contributed by atoms with van der Waals surface area (Å²) in [6, 6.07) is 9.70. The van der Waals surface area contributed by atoms with Crippen LogP contribution in [0.4, 0.5) is 5.69 Å². The van der Waals surface area contributed by atoms with Crippen LogP contribution in [0.5, 0.6) is 17.2 Å². The monoisotopic (exact) mass is 511 g/mol. The number of aliphatic hydroxyl groups is 1. The number of amides is 1. The van der Waals surface area contributed by atoms with E-state index in [1.165, 1.54) is 7.11 Å². The number of aromatic carboxylic acids is 1. The van der Waals surface area contributed by atoms with Gasteiger partial charge in [-0.15, -0.1) is 0 Å². The molecule has 0 saturated heterocycles. The first kappa shape index (κ1) is 27.5. The number of carboxylic acids is 1. The van der Waals surface area contributed by atoms with Crippen molar-refractivity contribution in [2.24, 2.45) is 5.92 Å². The summed E-state index contributed by atoms with van der Waals surface area (Å²) in [5.74, 6) is -0.178. The predicted octanol–water partition coefficient (Wildman–Crippen LogP) is 3.43. The summed E-state index contributed by atoms with van der Waals surface area (Å²) in [5.41, 5.74) is 7.48. The van der Waals surface area contributed by atoms with Gasteiger partial charge in [-0.2, -0.15) is 0 Å². The minimum Gasteiger partial charge on any atom is -0.493 e. The number of aryl methyl sites for hydroxylation is 1. The Labute approximate surface area is 215 Å². The minimum absolute atomic E-state index is 0.0176. The second-order valence-corrected chi connectivity index (χ2v) is 8.87. The first-order valence-electron chi connectivity index (χ1n) is 11.9. The van der Waals surface area contributed by atoms with Crippen LogP contribution < -0.4 is 25.3 Å². The number of carbonyl (C=O) groups excluding carboxylic acids is 1. The topological polar surface area (TPSA) is 153 Å². The van der Waals surface area contributed by atoms with E-state index in [9.17, 15) is 14.7 Å². The number of benzene rings is 2. The van der Waals surface area contributed by atoms with Crippen LogP contribution in [0.25, 0.3) is 10.9 Å². The van der Waals surface area contributed by atoms with Crippen LogP contribution in [0.3, 0.4) is 0 Å². The molecular weight excluding hydrogens is 478 g/mol. The molecule has 0 aliphatic carbocycles. The molecule has 198 valence electrons. The van der Waals surface area contributed by atoms with Crippen molar-refractivity contribution in [1.82, 2.24) is 10.3 Å². The van der Waals surface area contributed by atoms with Crippen molar-refractivity contribution in [3.8, 4) is 17.2 Å². The number of fused-ring (bicyclic) bond motifs is 1. The molecule has 3 rings (SSSR count). The Bertz CT molecular complexity index is 1280. The summed E-state index contributed by atoms with van der Waals surface area (Å²) in [5, 5.41) is 21.9. The third-order valence-corrected chi connectivity index (χ3v) is 5.93. The Kier molecular flexibility index (Phi) is 9.13. The molecule has 0 saturated carbocycles. The molecule has 10 nitrogen and oxygen atoms in total. The normalized spacial score (nSPS) is 11.8. The number of nitrogens with one attached hydrogen (secondary N) is 1. The molecular formula is C27H33N3O7. The van der Waals surface area contributed by atoms with Crippen molar-refractivity contribution in [3.05, 3.63) is 53.2 Å². The molecule has 0 radical (unpaired) electrons. The van der Waals surface area contributed by atoms with Gasteiger partial charge in [0.25, 0.3) is 5.91 Å². The molecule has 0 unspecified atom stereocenters. The van der Waals surface area contributed by atoms with Crippen LogP contribution in [-0.4, -0.2) is 60.0 Å². The lowest BCUT2D eigenvalue weighted by Crippen LogP contribution is -2.42. The smallest absolute Gasteiger partial charge is 0.339 e. The number of nitrogens with zero attached hydrogens (tertiary/aromatic N) is 1. The number of carboxylic acid groups (broad SMARTS) is 1. The average Bonchev–Trinajstić information content (AvgIpc) is 2.85. The number of pyridine rings is 1. The quantitative estimate of drug-likeness (QED) is 0.268. The molecule has 0 spiro atoms. The first-order valence-corrected chi connectivity index (χ1v) is 11.9. The Morgan fingerprint density at radius 3 is 2.51 bits per heavy atom. The van der Waals surface area contributed by atoms with Crippen molar-refractivity contribution in [1.29, 1.82) is 0 Å². The van der Waals surface area contributed by atoms with E-state index in [4.69, 9.17) is 25.1 Å². The summed E-state index contributed by atoms with van der Waals surface area (Å²) in [6.07, 6.45) is 0.483. The van der Waals surface area contributed by atoms with Crippen LogP contribution in [0, 0.1) is 12.8 Å². The molecule has 1 amide bonds. The zero-order valence-electron chi connectivity index (χ0n) is 21.4. The first-order chi connectivity index (χ1) is 17.7. The summed E-state index contributed by atoms with van der Waals surface area (Å²) in [4.78, 5) is 29.1. The fourth-order valence-electron chi connectivity index (χ4n) is 3.84. The van der Waals surface area contributed by atoms with E-state index in [1.54, 1.807) is 43.3 Å². The van der Waals surface area contributed by atoms with Gasteiger partial charge in [0, 0.05) is 18.6 Å². The molecule has 0 fully saturated rings. The Morgan fingerprint density at radius 1 is 1.11 bits per heavy atom.